The first-order chi connectivity index (χ1) is 14.7. The lowest BCUT2D eigenvalue weighted by atomic mass is 9.97. The monoisotopic (exact) mass is 416 g/mol. The number of rotatable bonds is 5. The molecule has 0 fully saturated rings. The van der Waals surface area contributed by atoms with Gasteiger partial charge in [-0.15, -0.1) is 11.3 Å². The number of thiophene rings is 1. The topological polar surface area (TPSA) is 68.0 Å². The van der Waals surface area contributed by atoms with Crippen molar-refractivity contribution in [3.8, 4) is 0 Å². The average molecular weight is 417 g/mol. The molecule has 1 aliphatic rings. The predicted octanol–water partition coefficient (Wildman–Crippen LogP) is 4.88. The standard InChI is InChI=1S/C23H24N6S/c1-15-19(16(2)29(28-15)13-17-8-4-3-5-9-17)12-26-27-22-21-18-10-6-7-11-20(18)30-23(21)25-14-24-22/h3-5,8-9,12,14H,6-7,10-11,13H2,1-2H3,(H,24,25,27)/b26-12+. The number of fused-ring (bicyclic) bond motifs is 3. The summed E-state index contributed by atoms with van der Waals surface area (Å²) in [5.41, 5.74) is 8.92. The molecular weight excluding hydrogens is 392 g/mol. The Hall–Kier alpha value is -3.06. The summed E-state index contributed by atoms with van der Waals surface area (Å²) < 4.78 is 2.03. The van der Waals surface area contributed by atoms with E-state index in [4.69, 9.17) is 5.10 Å². The molecule has 4 aromatic rings. The molecule has 6 nitrogen and oxygen atoms in total. The third-order valence-corrected chi connectivity index (χ3v) is 6.93. The van der Waals surface area contributed by atoms with E-state index in [1.807, 2.05) is 23.9 Å². The largest absolute Gasteiger partial charge is 0.265 e. The highest BCUT2D eigenvalue weighted by Gasteiger charge is 2.19. The molecule has 152 valence electrons. The summed E-state index contributed by atoms with van der Waals surface area (Å²) in [7, 11) is 0. The fourth-order valence-electron chi connectivity index (χ4n) is 4.14. The molecule has 0 saturated heterocycles. The Labute approximate surface area is 179 Å². The number of nitrogens with zero attached hydrogens (tertiary/aromatic N) is 5. The molecule has 0 spiro atoms. The van der Waals surface area contributed by atoms with Gasteiger partial charge in [-0.3, -0.25) is 10.1 Å². The van der Waals surface area contributed by atoms with Crippen LogP contribution in [0.3, 0.4) is 0 Å². The van der Waals surface area contributed by atoms with Crippen molar-refractivity contribution in [1.29, 1.82) is 0 Å². The van der Waals surface area contributed by atoms with Crippen molar-refractivity contribution in [3.05, 3.63) is 69.6 Å². The summed E-state index contributed by atoms with van der Waals surface area (Å²) in [6.45, 7) is 4.86. The van der Waals surface area contributed by atoms with Crippen LogP contribution in [0.5, 0.6) is 0 Å². The van der Waals surface area contributed by atoms with Gasteiger partial charge in [0.15, 0.2) is 5.82 Å². The van der Waals surface area contributed by atoms with Gasteiger partial charge in [0.05, 0.1) is 23.8 Å². The molecule has 0 atom stereocenters. The van der Waals surface area contributed by atoms with Gasteiger partial charge < -0.3 is 0 Å². The van der Waals surface area contributed by atoms with Crippen molar-refractivity contribution in [2.45, 2.75) is 46.1 Å². The normalized spacial score (nSPS) is 13.8. The Morgan fingerprint density at radius 1 is 1.13 bits per heavy atom. The van der Waals surface area contributed by atoms with Gasteiger partial charge >= 0.3 is 0 Å². The molecule has 0 radical (unpaired) electrons. The maximum atomic E-state index is 4.70. The number of nitrogens with one attached hydrogen (secondary N) is 1. The molecular formula is C23H24N6S. The van der Waals surface area contributed by atoms with Gasteiger partial charge in [0, 0.05) is 16.1 Å². The molecule has 0 bridgehead atoms. The van der Waals surface area contributed by atoms with Gasteiger partial charge in [0.2, 0.25) is 0 Å². The molecule has 0 aliphatic heterocycles. The van der Waals surface area contributed by atoms with E-state index in [2.05, 4.69) is 51.7 Å². The molecule has 5 rings (SSSR count). The van der Waals surface area contributed by atoms with E-state index in [0.29, 0.717) is 0 Å². The zero-order chi connectivity index (χ0) is 20.5. The zero-order valence-corrected chi connectivity index (χ0v) is 18.0. The molecule has 30 heavy (non-hydrogen) atoms. The minimum Gasteiger partial charge on any atom is -0.265 e. The van der Waals surface area contributed by atoms with Crippen LogP contribution in [-0.2, 0) is 19.4 Å². The minimum absolute atomic E-state index is 0.752. The van der Waals surface area contributed by atoms with Crippen LogP contribution in [0.2, 0.25) is 0 Å². The van der Waals surface area contributed by atoms with Gasteiger partial charge in [-0.05, 0) is 50.7 Å². The van der Waals surface area contributed by atoms with E-state index in [-0.39, 0.29) is 0 Å². The van der Waals surface area contributed by atoms with Crippen molar-refractivity contribution < 1.29 is 0 Å². The lowest BCUT2D eigenvalue weighted by molar-refractivity contribution is 0.659. The van der Waals surface area contributed by atoms with E-state index < -0.39 is 0 Å². The number of hydrogen-bond donors (Lipinski definition) is 1. The van der Waals surface area contributed by atoms with Gasteiger partial charge in [0.1, 0.15) is 11.2 Å². The quantitative estimate of drug-likeness (QED) is 0.372. The molecule has 0 saturated carbocycles. The number of aromatic nitrogens is 4. The van der Waals surface area contributed by atoms with Crippen molar-refractivity contribution in [2.24, 2.45) is 5.10 Å². The SMILES string of the molecule is Cc1nn(Cc2ccccc2)c(C)c1/C=N/Nc1ncnc2sc3c(c12)CCCC3. The van der Waals surface area contributed by atoms with Crippen LogP contribution in [0.4, 0.5) is 5.82 Å². The second-order valence-electron chi connectivity index (χ2n) is 7.71. The van der Waals surface area contributed by atoms with E-state index in [0.717, 1.165) is 52.4 Å². The van der Waals surface area contributed by atoms with Crippen molar-refractivity contribution in [1.82, 2.24) is 19.7 Å². The third kappa shape index (κ3) is 3.50. The number of aryl methyl sites for hydroxylation is 3. The summed E-state index contributed by atoms with van der Waals surface area (Å²) in [5.74, 6) is 0.794. The van der Waals surface area contributed by atoms with Crippen molar-refractivity contribution in [2.75, 3.05) is 5.43 Å². The number of benzene rings is 1. The summed E-state index contributed by atoms with van der Waals surface area (Å²) in [6, 6.07) is 10.4. The minimum atomic E-state index is 0.752. The van der Waals surface area contributed by atoms with Crippen LogP contribution in [-0.4, -0.2) is 26.0 Å². The van der Waals surface area contributed by atoms with Gasteiger partial charge in [-0.1, -0.05) is 30.3 Å². The molecule has 0 amide bonds. The maximum Gasteiger partial charge on any atom is 0.158 e. The highest BCUT2D eigenvalue weighted by Crippen LogP contribution is 2.38. The summed E-state index contributed by atoms with van der Waals surface area (Å²) >= 11 is 1.80. The van der Waals surface area contributed by atoms with Gasteiger partial charge in [-0.25, -0.2) is 9.97 Å². The Kier molecular flexibility index (Phi) is 5.04. The van der Waals surface area contributed by atoms with Crippen LogP contribution < -0.4 is 5.43 Å². The first-order valence-corrected chi connectivity index (χ1v) is 11.1. The summed E-state index contributed by atoms with van der Waals surface area (Å²) in [5, 5.41) is 10.4. The van der Waals surface area contributed by atoms with E-state index >= 15 is 0 Å². The van der Waals surface area contributed by atoms with Crippen LogP contribution in [0.25, 0.3) is 10.2 Å². The van der Waals surface area contributed by atoms with Crippen molar-refractivity contribution in [3.63, 3.8) is 0 Å². The molecule has 3 heterocycles. The van der Waals surface area contributed by atoms with Gasteiger partial charge in [0.25, 0.3) is 0 Å². The highest BCUT2D eigenvalue weighted by atomic mass is 32.1. The second-order valence-corrected chi connectivity index (χ2v) is 8.79. The molecule has 3 aromatic heterocycles. The third-order valence-electron chi connectivity index (χ3n) is 5.73. The summed E-state index contributed by atoms with van der Waals surface area (Å²) in [4.78, 5) is 11.5. The molecule has 0 unspecified atom stereocenters. The Morgan fingerprint density at radius 3 is 2.83 bits per heavy atom. The lowest BCUT2D eigenvalue weighted by Crippen LogP contribution is -2.04. The van der Waals surface area contributed by atoms with E-state index in [1.54, 1.807) is 17.7 Å². The van der Waals surface area contributed by atoms with E-state index in [1.165, 1.54) is 28.8 Å². The average Bonchev–Trinajstić information content (AvgIpc) is 3.27. The van der Waals surface area contributed by atoms with Crippen LogP contribution in [0.15, 0.2) is 41.8 Å². The maximum absolute atomic E-state index is 4.70. The summed E-state index contributed by atoms with van der Waals surface area (Å²) in [6.07, 6.45) is 8.22. The van der Waals surface area contributed by atoms with Crippen LogP contribution in [0, 0.1) is 13.8 Å². The van der Waals surface area contributed by atoms with Crippen LogP contribution >= 0.6 is 11.3 Å². The molecule has 7 heteroatoms. The molecule has 1 N–H and O–H groups in total. The smallest absolute Gasteiger partial charge is 0.158 e. The van der Waals surface area contributed by atoms with Crippen LogP contribution in [0.1, 0.15) is 45.8 Å². The Balaban J connectivity index is 1.40. The number of hydrazone groups is 1. The Morgan fingerprint density at radius 2 is 1.97 bits per heavy atom. The zero-order valence-electron chi connectivity index (χ0n) is 17.2. The lowest BCUT2D eigenvalue weighted by Gasteiger charge is -2.11. The highest BCUT2D eigenvalue weighted by molar-refractivity contribution is 7.19. The van der Waals surface area contributed by atoms with E-state index in [9.17, 15) is 0 Å². The second kappa shape index (κ2) is 7.99. The first kappa shape index (κ1) is 18.9. The first-order valence-electron chi connectivity index (χ1n) is 10.3. The Bertz CT molecular complexity index is 1220. The number of hydrogen-bond acceptors (Lipinski definition) is 6. The molecule has 1 aliphatic carbocycles. The fraction of sp³-hybridized carbons (Fsp3) is 0.304. The fourth-order valence-corrected chi connectivity index (χ4v) is 5.37. The predicted molar refractivity (Wildman–Crippen MR) is 123 cm³/mol. The van der Waals surface area contributed by atoms with Gasteiger partial charge in [-0.2, -0.15) is 10.2 Å². The molecule has 1 aromatic carbocycles. The van der Waals surface area contributed by atoms with Crippen molar-refractivity contribution >= 4 is 33.6 Å². The number of anilines is 1.